The molecule has 2 aliphatic heterocycles. The molecule has 0 unspecified atom stereocenters. The van der Waals surface area contributed by atoms with Crippen molar-refractivity contribution in [3.8, 4) is 17.0 Å². The SMILES string of the molecule is O=C1CCN(c2ccc(COc3c(-c4csc(N5CCOCC5)n4)ccc(F)c3F)nn2)C(=O)N1. The number of ether oxygens (including phenoxy) is 2. The van der Waals surface area contributed by atoms with Crippen LogP contribution in [0.2, 0.25) is 0 Å². The summed E-state index contributed by atoms with van der Waals surface area (Å²) in [7, 11) is 0. The molecule has 3 amide bonds. The number of imide groups is 1. The van der Waals surface area contributed by atoms with Crippen LogP contribution in [0.3, 0.4) is 0 Å². The van der Waals surface area contributed by atoms with Crippen molar-refractivity contribution >= 4 is 34.2 Å². The molecule has 2 fully saturated rings. The Labute approximate surface area is 202 Å². The van der Waals surface area contributed by atoms with Crippen LogP contribution in [0.4, 0.5) is 24.5 Å². The summed E-state index contributed by atoms with van der Waals surface area (Å²) in [6, 6.07) is 4.98. The first-order valence-corrected chi connectivity index (χ1v) is 11.7. The van der Waals surface area contributed by atoms with Gasteiger partial charge in [-0.2, -0.15) is 4.39 Å². The summed E-state index contributed by atoms with van der Waals surface area (Å²) in [6.45, 7) is 2.62. The Balaban J connectivity index is 1.32. The predicted molar refractivity (Wildman–Crippen MR) is 122 cm³/mol. The van der Waals surface area contributed by atoms with Crippen LogP contribution in [0.1, 0.15) is 12.1 Å². The molecule has 0 spiro atoms. The minimum absolute atomic E-state index is 0.157. The van der Waals surface area contributed by atoms with E-state index in [1.807, 2.05) is 0 Å². The Morgan fingerprint density at radius 1 is 1.09 bits per heavy atom. The molecule has 1 N–H and O–H groups in total. The van der Waals surface area contributed by atoms with Crippen molar-refractivity contribution in [3.05, 3.63) is 47.0 Å². The van der Waals surface area contributed by atoms with Gasteiger partial charge in [-0.15, -0.1) is 21.5 Å². The molecule has 3 aromatic rings. The number of anilines is 2. The Kier molecular flexibility index (Phi) is 6.51. The van der Waals surface area contributed by atoms with Gasteiger partial charge in [0.25, 0.3) is 0 Å². The molecule has 2 aliphatic rings. The van der Waals surface area contributed by atoms with Crippen LogP contribution in [-0.4, -0.2) is 60.0 Å². The number of nitrogens with zero attached hydrogens (tertiary/aromatic N) is 5. The number of hydrogen-bond acceptors (Lipinski definition) is 9. The molecule has 35 heavy (non-hydrogen) atoms. The zero-order valence-electron chi connectivity index (χ0n) is 18.4. The van der Waals surface area contributed by atoms with Gasteiger partial charge in [-0.25, -0.2) is 14.2 Å². The molecule has 2 saturated heterocycles. The van der Waals surface area contributed by atoms with E-state index in [4.69, 9.17) is 9.47 Å². The lowest BCUT2D eigenvalue weighted by molar-refractivity contribution is -0.120. The number of thiazole rings is 1. The molecule has 0 radical (unpaired) electrons. The van der Waals surface area contributed by atoms with E-state index in [0.29, 0.717) is 43.3 Å². The molecule has 4 heterocycles. The first-order chi connectivity index (χ1) is 17.0. The lowest BCUT2D eigenvalue weighted by Crippen LogP contribution is -2.50. The Hall–Kier alpha value is -3.71. The lowest BCUT2D eigenvalue weighted by atomic mass is 10.1. The van der Waals surface area contributed by atoms with Crippen molar-refractivity contribution in [3.63, 3.8) is 0 Å². The van der Waals surface area contributed by atoms with Crippen LogP contribution in [-0.2, 0) is 16.1 Å². The third-order valence-corrected chi connectivity index (χ3v) is 6.40. The number of carbonyl (C=O) groups is 2. The van der Waals surface area contributed by atoms with Gasteiger partial charge < -0.3 is 14.4 Å². The van der Waals surface area contributed by atoms with E-state index in [2.05, 4.69) is 25.4 Å². The summed E-state index contributed by atoms with van der Waals surface area (Å²) < 4.78 is 39.8. The van der Waals surface area contributed by atoms with Gasteiger partial charge in [0, 0.05) is 37.0 Å². The van der Waals surface area contributed by atoms with Crippen LogP contribution in [0.25, 0.3) is 11.3 Å². The fourth-order valence-electron chi connectivity index (χ4n) is 3.67. The maximum atomic E-state index is 14.7. The zero-order valence-corrected chi connectivity index (χ0v) is 19.2. The largest absolute Gasteiger partial charge is 0.483 e. The summed E-state index contributed by atoms with van der Waals surface area (Å²) in [4.78, 5) is 31.2. The highest BCUT2D eigenvalue weighted by Gasteiger charge is 2.25. The predicted octanol–water partition coefficient (Wildman–Crippen LogP) is 2.74. The van der Waals surface area contributed by atoms with Crippen LogP contribution in [0.15, 0.2) is 29.6 Å². The third kappa shape index (κ3) is 4.91. The smallest absolute Gasteiger partial charge is 0.329 e. The molecule has 10 nitrogen and oxygen atoms in total. The molecule has 1 aromatic carbocycles. The van der Waals surface area contributed by atoms with E-state index in [-0.39, 0.29) is 37.0 Å². The molecule has 182 valence electrons. The van der Waals surface area contributed by atoms with E-state index < -0.39 is 17.7 Å². The topological polar surface area (TPSA) is 110 Å². The summed E-state index contributed by atoms with van der Waals surface area (Å²) in [5.74, 6) is -2.53. The second-order valence-corrected chi connectivity index (χ2v) is 8.62. The highest BCUT2D eigenvalue weighted by Crippen LogP contribution is 2.36. The van der Waals surface area contributed by atoms with Crippen LogP contribution in [0, 0.1) is 11.6 Å². The van der Waals surface area contributed by atoms with Gasteiger partial charge in [-0.05, 0) is 24.3 Å². The average Bonchev–Trinajstić information content (AvgIpc) is 3.36. The minimum Gasteiger partial charge on any atom is -0.483 e. The van der Waals surface area contributed by atoms with Crippen molar-refractivity contribution in [1.29, 1.82) is 0 Å². The number of amides is 3. The van der Waals surface area contributed by atoms with E-state index in [1.54, 1.807) is 17.5 Å². The molecule has 5 rings (SSSR count). The number of urea groups is 1. The first-order valence-electron chi connectivity index (χ1n) is 10.8. The Morgan fingerprint density at radius 2 is 1.91 bits per heavy atom. The maximum Gasteiger partial charge on any atom is 0.329 e. The number of hydrogen-bond donors (Lipinski definition) is 1. The Bertz CT molecular complexity index is 1250. The molecule has 13 heteroatoms. The minimum atomic E-state index is -1.12. The van der Waals surface area contributed by atoms with Gasteiger partial charge in [0.2, 0.25) is 11.7 Å². The number of benzene rings is 1. The zero-order chi connectivity index (χ0) is 24.4. The van der Waals surface area contributed by atoms with E-state index in [0.717, 1.165) is 11.2 Å². The molecule has 2 aromatic heterocycles. The van der Waals surface area contributed by atoms with Crippen molar-refractivity contribution < 1.29 is 27.8 Å². The van der Waals surface area contributed by atoms with E-state index in [1.165, 1.54) is 22.3 Å². The summed E-state index contributed by atoms with van der Waals surface area (Å²) in [5, 5.41) is 12.8. The van der Waals surface area contributed by atoms with Gasteiger partial charge in [0.15, 0.2) is 22.5 Å². The van der Waals surface area contributed by atoms with Crippen LogP contribution in [0.5, 0.6) is 5.75 Å². The van der Waals surface area contributed by atoms with E-state index in [9.17, 15) is 18.4 Å². The van der Waals surface area contributed by atoms with Gasteiger partial charge >= 0.3 is 6.03 Å². The summed E-state index contributed by atoms with van der Waals surface area (Å²) >= 11 is 1.41. The molecule has 0 saturated carbocycles. The van der Waals surface area contributed by atoms with Crippen molar-refractivity contribution in [2.24, 2.45) is 0 Å². The first kappa shape index (κ1) is 23.1. The van der Waals surface area contributed by atoms with E-state index >= 15 is 0 Å². The molecular formula is C22H20F2N6O4S. The van der Waals surface area contributed by atoms with Crippen molar-refractivity contribution in [2.45, 2.75) is 13.0 Å². The normalized spacial score (nSPS) is 16.4. The fourth-order valence-corrected chi connectivity index (χ4v) is 4.54. The third-order valence-electron chi connectivity index (χ3n) is 5.50. The number of morpholine rings is 1. The monoisotopic (exact) mass is 502 g/mol. The van der Waals surface area contributed by atoms with Crippen molar-refractivity contribution in [2.75, 3.05) is 42.6 Å². The van der Waals surface area contributed by atoms with Gasteiger partial charge in [-0.1, -0.05) is 0 Å². The number of rotatable bonds is 6. The number of halogens is 2. The fraction of sp³-hybridized carbons (Fsp3) is 0.318. The highest BCUT2D eigenvalue weighted by atomic mass is 32.1. The molecule has 0 bridgehead atoms. The quantitative estimate of drug-likeness (QED) is 0.548. The van der Waals surface area contributed by atoms with Gasteiger partial charge in [0.05, 0.1) is 18.9 Å². The number of aromatic nitrogens is 3. The number of carbonyl (C=O) groups excluding carboxylic acids is 2. The van der Waals surface area contributed by atoms with Crippen LogP contribution >= 0.6 is 11.3 Å². The average molecular weight is 503 g/mol. The van der Waals surface area contributed by atoms with Gasteiger partial charge in [0.1, 0.15) is 12.3 Å². The number of nitrogens with one attached hydrogen (secondary N) is 1. The standard InChI is InChI=1S/C22H20F2N6O4S/c23-15-3-2-14(16-12-35-22(25-16)29-7-9-33-10-8-29)20(19(15)24)34-11-13-1-4-17(28-27-13)30-6-5-18(31)26-21(30)32/h1-4,12H,5-11H2,(H,26,31,32). The summed E-state index contributed by atoms with van der Waals surface area (Å²) in [6.07, 6.45) is 0.157. The Morgan fingerprint density at radius 3 is 2.66 bits per heavy atom. The lowest BCUT2D eigenvalue weighted by Gasteiger charge is -2.26. The molecule has 0 atom stereocenters. The second-order valence-electron chi connectivity index (χ2n) is 7.78. The molecule has 0 aliphatic carbocycles. The highest BCUT2D eigenvalue weighted by molar-refractivity contribution is 7.14. The maximum absolute atomic E-state index is 14.7. The van der Waals surface area contributed by atoms with Crippen molar-refractivity contribution in [1.82, 2.24) is 20.5 Å². The van der Waals surface area contributed by atoms with Crippen LogP contribution < -0.4 is 19.9 Å². The summed E-state index contributed by atoms with van der Waals surface area (Å²) in [5.41, 5.74) is 1.13. The molecular weight excluding hydrogens is 482 g/mol. The second kappa shape index (κ2) is 9.88. The van der Waals surface area contributed by atoms with Gasteiger partial charge in [-0.3, -0.25) is 15.0 Å².